The van der Waals surface area contributed by atoms with Crippen LogP contribution >= 0.6 is 0 Å². The van der Waals surface area contributed by atoms with E-state index < -0.39 is 0 Å². The van der Waals surface area contributed by atoms with Gasteiger partial charge in [0.25, 0.3) is 6.71 Å². The molecule has 0 fully saturated rings. The predicted molar refractivity (Wildman–Crippen MR) is 315 cm³/mol. The van der Waals surface area contributed by atoms with E-state index in [-0.39, 0.29) is 6.71 Å². The van der Waals surface area contributed by atoms with Crippen molar-refractivity contribution in [3.8, 4) is 45.5 Å². The second kappa shape index (κ2) is 15.7. The number of anilines is 3. The molecule has 4 aromatic heterocycles. The Morgan fingerprint density at radius 1 is 0.303 bits per heavy atom. The average Bonchev–Trinajstić information content (AvgIpc) is 4.44. The van der Waals surface area contributed by atoms with Crippen LogP contribution in [0.4, 0.5) is 17.1 Å². The maximum atomic E-state index is 5.90. The topological polar surface area (TPSA) is 48.7 Å². The second-order valence-corrected chi connectivity index (χ2v) is 20.1. The first kappa shape index (κ1) is 41.3. The van der Waals surface area contributed by atoms with Gasteiger partial charge in [0.2, 0.25) is 0 Å². The highest BCUT2D eigenvalue weighted by Gasteiger charge is 2.43. The molecule has 0 bridgehead atoms. The number of fused-ring (bicyclic) bond motifs is 10. The van der Waals surface area contributed by atoms with Gasteiger partial charge in [-0.2, -0.15) is 0 Å². The molecule has 7 nitrogen and oxygen atoms in total. The van der Waals surface area contributed by atoms with Crippen molar-refractivity contribution in [1.29, 1.82) is 0 Å². The van der Waals surface area contributed by atoms with Crippen molar-refractivity contribution in [1.82, 2.24) is 28.2 Å². The molecule has 0 unspecified atom stereocenters. The molecule has 15 aromatic rings. The smallest absolute Gasteiger partial charge is 0.252 e. The van der Waals surface area contributed by atoms with Gasteiger partial charge in [0.1, 0.15) is 22.7 Å². The fourth-order valence-corrected chi connectivity index (χ4v) is 13.1. The van der Waals surface area contributed by atoms with Crippen molar-refractivity contribution < 1.29 is 0 Å². The maximum Gasteiger partial charge on any atom is 0.252 e. The molecule has 11 aromatic carbocycles. The molecule has 0 saturated carbocycles. The molecule has 8 heteroatoms. The first-order valence-corrected chi connectivity index (χ1v) is 26.0. The number of para-hydroxylation sites is 6. The summed E-state index contributed by atoms with van der Waals surface area (Å²) in [6.07, 6.45) is 0. The Morgan fingerprint density at radius 2 is 0.645 bits per heavy atom. The van der Waals surface area contributed by atoms with Crippen LogP contribution in [0, 0.1) is 0 Å². The second-order valence-electron chi connectivity index (χ2n) is 20.1. The van der Waals surface area contributed by atoms with E-state index in [1.165, 1.54) is 37.9 Å². The summed E-state index contributed by atoms with van der Waals surface area (Å²) in [4.78, 5) is 14.2. The van der Waals surface area contributed by atoms with Gasteiger partial charge in [0, 0.05) is 55.4 Å². The van der Waals surface area contributed by atoms with E-state index in [0.717, 1.165) is 107 Å². The monoisotopic (exact) mass is 967 g/mol. The van der Waals surface area contributed by atoms with Crippen LogP contribution in [0.3, 0.4) is 0 Å². The highest BCUT2D eigenvalue weighted by molar-refractivity contribution is 7.00. The molecule has 0 saturated heterocycles. The molecule has 0 atom stereocenters. The number of hydrogen-bond acceptors (Lipinski definition) is 3. The third kappa shape index (κ3) is 5.61. The van der Waals surface area contributed by atoms with Crippen LogP contribution in [0.15, 0.2) is 255 Å². The zero-order valence-electron chi connectivity index (χ0n) is 41.0. The van der Waals surface area contributed by atoms with Crippen LogP contribution in [0.1, 0.15) is 0 Å². The highest BCUT2D eigenvalue weighted by Crippen LogP contribution is 2.45. The quantitative estimate of drug-likeness (QED) is 0.150. The van der Waals surface area contributed by atoms with Gasteiger partial charge in [0.05, 0.1) is 50.2 Å². The Labute approximate surface area is 437 Å². The van der Waals surface area contributed by atoms with E-state index in [1.807, 2.05) is 0 Å². The summed E-state index contributed by atoms with van der Waals surface area (Å²) in [7, 11) is 0. The molecular weight excluding hydrogens is 926 g/mol. The summed E-state index contributed by atoms with van der Waals surface area (Å²) in [6, 6.07) is 92.4. The third-order valence-corrected chi connectivity index (χ3v) is 16.1. The molecule has 2 aliphatic rings. The van der Waals surface area contributed by atoms with Gasteiger partial charge < -0.3 is 14.0 Å². The Hall–Kier alpha value is -10.2. The van der Waals surface area contributed by atoms with Crippen LogP contribution < -0.4 is 21.3 Å². The molecular formula is C68H42BN7. The molecule has 352 valence electrons. The van der Waals surface area contributed by atoms with Crippen LogP contribution in [-0.4, -0.2) is 34.9 Å². The fraction of sp³-hybridized carbons (Fsp3) is 0. The molecule has 0 spiro atoms. The van der Waals surface area contributed by atoms with Gasteiger partial charge in [-0.3, -0.25) is 9.13 Å². The molecule has 17 rings (SSSR count). The number of aromatic nitrogens is 6. The maximum absolute atomic E-state index is 5.90. The van der Waals surface area contributed by atoms with Gasteiger partial charge in [0.15, 0.2) is 0 Å². The van der Waals surface area contributed by atoms with Crippen molar-refractivity contribution in [2.75, 3.05) is 4.90 Å². The van der Waals surface area contributed by atoms with E-state index in [0.29, 0.717) is 0 Å². The minimum absolute atomic E-state index is 0.175. The lowest BCUT2D eigenvalue weighted by molar-refractivity contribution is 1.07. The molecule has 0 N–H and O–H groups in total. The lowest BCUT2D eigenvalue weighted by atomic mass is 9.34. The molecule has 0 aliphatic carbocycles. The Kier molecular flexibility index (Phi) is 8.52. The van der Waals surface area contributed by atoms with Gasteiger partial charge >= 0.3 is 0 Å². The summed E-state index contributed by atoms with van der Waals surface area (Å²) in [6.45, 7) is -0.175. The fourth-order valence-electron chi connectivity index (χ4n) is 13.1. The SMILES string of the molecule is c1ccc(-c2nc3c(-n4c5ccccc5c5ccccc54)ccc4c3n2-c2cc(N(c3ccccc3)c3ccccc3)cc3c2B4c2ccc(-n4c5ccccc5c5ccccc54)c4nc(-c5ccccc5)n-3c24)cc1. The van der Waals surface area contributed by atoms with Crippen molar-refractivity contribution in [3.63, 3.8) is 0 Å². The molecule has 0 amide bonds. The first-order valence-electron chi connectivity index (χ1n) is 26.0. The van der Waals surface area contributed by atoms with Gasteiger partial charge in [-0.1, -0.05) is 182 Å². The van der Waals surface area contributed by atoms with Gasteiger partial charge in [-0.05, 0) is 89.2 Å². The summed E-state index contributed by atoms with van der Waals surface area (Å²) in [5.74, 6) is 1.78. The summed E-state index contributed by atoms with van der Waals surface area (Å²) in [5.41, 5.74) is 21.8. The Morgan fingerprint density at radius 3 is 1.03 bits per heavy atom. The lowest BCUT2D eigenvalue weighted by Gasteiger charge is -2.36. The van der Waals surface area contributed by atoms with Crippen LogP contribution in [0.5, 0.6) is 0 Å². The minimum Gasteiger partial charge on any atom is -0.310 e. The standard InChI is InChI=1S/C68H42BN7/c1-5-21-43(22-6-1)67-70-63-58(73-54-33-17-13-29-48(54)49-30-14-18-34-55(49)73)39-37-52-65(63)75(67)60-41-47(72(45-25-9-3-10-26-45)46-27-11-4-12-28-46)42-61-62(60)69(52)53-38-40-59(64-66(53)76(61)68(71-64)44-23-7-2-8-24-44)74-56-35-19-15-31-50(56)51-32-16-20-36-57(51)74/h1-42H. The number of benzene rings is 11. The number of imidazole rings is 2. The van der Waals surface area contributed by atoms with Gasteiger partial charge in [-0.25, -0.2) is 9.97 Å². The lowest BCUT2D eigenvalue weighted by Crippen LogP contribution is -2.59. The van der Waals surface area contributed by atoms with Crippen LogP contribution in [-0.2, 0) is 0 Å². The summed E-state index contributed by atoms with van der Waals surface area (Å²) >= 11 is 0. The van der Waals surface area contributed by atoms with E-state index in [1.54, 1.807) is 0 Å². The van der Waals surface area contributed by atoms with Crippen LogP contribution in [0.2, 0.25) is 0 Å². The van der Waals surface area contributed by atoms with E-state index in [4.69, 9.17) is 9.97 Å². The van der Waals surface area contributed by atoms with E-state index in [9.17, 15) is 0 Å². The predicted octanol–water partition coefficient (Wildman–Crippen LogP) is 14.5. The Balaban J connectivity index is 1.05. The average molecular weight is 968 g/mol. The van der Waals surface area contributed by atoms with Crippen molar-refractivity contribution in [3.05, 3.63) is 255 Å². The first-order chi connectivity index (χ1) is 37.8. The molecule has 76 heavy (non-hydrogen) atoms. The molecule has 6 heterocycles. The van der Waals surface area contributed by atoms with Crippen molar-refractivity contribution >= 4 is 106 Å². The number of hydrogen-bond donors (Lipinski definition) is 0. The largest absolute Gasteiger partial charge is 0.310 e. The number of nitrogens with zero attached hydrogens (tertiary/aromatic N) is 7. The molecule has 0 radical (unpaired) electrons. The summed E-state index contributed by atoms with van der Waals surface area (Å²) < 4.78 is 9.83. The normalized spacial score (nSPS) is 12.4. The van der Waals surface area contributed by atoms with Crippen molar-refractivity contribution in [2.45, 2.75) is 0 Å². The van der Waals surface area contributed by atoms with Gasteiger partial charge in [-0.15, -0.1) is 0 Å². The zero-order valence-corrected chi connectivity index (χ0v) is 41.0. The minimum atomic E-state index is -0.175. The van der Waals surface area contributed by atoms with Crippen LogP contribution in [0.25, 0.3) is 111 Å². The highest BCUT2D eigenvalue weighted by atomic mass is 15.2. The Bertz CT molecular complexity index is 4470. The van der Waals surface area contributed by atoms with E-state index in [2.05, 4.69) is 278 Å². The molecule has 2 aliphatic heterocycles. The summed E-state index contributed by atoms with van der Waals surface area (Å²) in [5, 5.41) is 4.86. The van der Waals surface area contributed by atoms with Crippen molar-refractivity contribution in [2.24, 2.45) is 0 Å². The zero-order chi connectivity index (χ0) is 49.6. The number of rotatable bonds is 7. The van der Waals surface area contributed by atoms with E-state index >= 15 is 0 Å². The third-order valence-electron chi connectivity index (χ3n) is 16.1.